The summed E-state index contributed by atoms with van der Waals surface area (Å²) in [5, 5.41) is 1.00. The van der Waals surface area contributed by atoms with E-state index < -0.39 is 0 Å². The van der Waals surface area contributed by atoms with Crippen LogP contribution in [-0.2, 0) is 6.54 Å². The predicted molar refractivity (Wildman–Crippen MR) is 104 cm³/mol. The minimum absolute atomic E-state index is 0.273. The second-order valence-corrected chi connectivity index (χ2v) is 6.43. The molecule has 26 heavy (non-hydrogen) atoms. The average Bonchev–Trinajstić information content (AvgIpc) is 3.05. The van der Waals surface area contributed by atoms with Crippen LogP contribution in [0.15, 0.2) is 52.9 Å². The third-order valence-corrected chi connectivity index (χ3v) is 4.53. The van der Waals surface area contributed by atoms with Crippen molar-refractivity contribution in [2.45, 2.75) is 20.4 Å². The van der Waals surface area contributed by atoms with Crippen molar-refractivity contribution in [2.75, 3.05) is 5.73 Å². The lowest BCUT2D eigenvalue weighted by Crippen LogP contribution is -2.09. The number of nitrogen functional groups attached to an aromatic ring is 1. The molecular weight excluding hydrogens is 324 g/mol. The number of aryl methyl sites for hydroxylation is 2. The first-order valence-electron chi connectivity index (χ1n) is 8.50. The van der Waals surface area contributed by atoms with E-state index in [1.54, 1.807) is 0 Å². The lowest BCUT2D eigenvalue weighted by molar-refractivity contribution is 0.625. The van der Waals surface area contributed by atoms with E-state index in [1.807, 2.05) is 36.4 Å². The van der Waals surface area contributed by atoms with Gasteiger partial charge >= 0.3 is 0 Å². The van der Waals surface area contributed by atoms with Crippen LogP contribution < -0.4 is 11.5 Å². The van der Waals surface area contributed by atoms with Crippen molar-refractivity contribution in [3.05, 3.63) is 65.2 Å². The Morgan fingerprint density at radius 3 is 2.54 bits per heavy atom. The fraction of sp³-hybridized carbons (Fsp3) is 0.143. The second kappa shape index (κ2) is 6.28. The number of nitrogens with zero attached hydrogens (tertiary/aromatic N) is 2. The average molecular weight is 344 g/mol. The van der Waals surface area contributed by atoms with Crippen LogP contribution in [0.25, 0.3) is 33.8 Å². The van der Waals surface area contributed by atoms with E-state index in [4.69, 9.17) is 20.9 Å². The number of para-hydroxylation sites is 1. The summed E-state index contributed by atoms with van der Waals surface area (Å²) in [6.45, 7) is 4.39. The first-order chi connectivity index (χ1) is 12.6. The Balaban J connectivity index is 1.93. The van der Waals surface area contributed by atoms with E-state index in [1.165, 1.54) is 5.56 Å². The summed E-state index contributed by atoms with van der Waals surface area (Å²) in [5.41, 5.74) is 17.8. The molecule has 0 amide bonds. The van der Waals surface area contributed by atoms with Crippen LogP contribution in [0, 0.1) is 13.8 Å². The molecule has 2 aromatic heterocycles. The SMILES string of the molecule is Cc1ccc(-c2nc(-c3cc4ccccc4o3)nc(N)c2CN)c(C)c1. The van der Waals surface area contributed by atoms with Crippen molar-refractivity contribution < 1.29 is 4.42 Å². The van der Waals surface area contributed by atoms with Crippen molar-refractivity contribution in [3.8, 4) is 22.8 Å². The number of furan rings is 1. The highest BCUT2D eigenvalue weighted by atomic mass is 16.3. The van der Waals surface area contributed by atoms with Crippen molar-refractivity contribution in [1.82, 2.24) is 9.97 Å². The molecule has 0 radical (unpaired) electrons. The third kappa shape index (κ3) is 2.72. The Bertz CT molecular complexity index is 1080. The van der Waals surface area contributed by atoms with E-state index in [9.17, 15) is 0 Å². The van der Waals surface area contributed by atoms with Crippen molar-refractivity contribution in [2.24, 2.45) is 5.73 Å². The van der Waals surface area contributed by atoms with Crippen molar-refractivity contribution in [3.63, 3.8) is 0 Å². The number of rotatable bonds is 3. The smallest absolute Gasteiger partial charge is 0.198 e. The van der Waals surface area contributed by atoms with Crippen LogP contribution in [0.4, 0.5) is 5.82 Å². The standard InChI is InChI=1S/C21H20N4O/c1-12-7-8-15(13(2)9-12)19-16(11-22)20(23)25-21(24-19)18-10-14-5-3-4-6-17(14)26-18/h3-10H,11,22H2,1-2H3,(H2,23,24,25). The number of hydrogen-bond acceptors (Lipinski definition) is 5. The van der Waals surface area contributed by atoms with Gasteiger partial charge in [-0.15, -0.1) is 0 Å². The van der Waals surface area contributed by atoms with Gasteiger partial charge in [-0.2, -0.15) is 0 Å². The van der Waals surface area contributed by atoms with Gasteiger partial charge < -0.3 is 15.9 Å². The number of nitrogens with two attached hydrogens (primary N) is 2. The fourth-order valence-corrected chi connectivity index (χ4v) is 3.21. The molecule has 0 aliphatic carbocycles. The second-order valence-electron chi connectivity index (χ2n) is 6.43. The van der Waals surface area contributed by atoms with Gasteiger partial charge in [0.2, 0.25) is 0 Å². The van der Waals surface area contributed by atoms with Gasteiger partial charge in [0.05, 0.1) is 5.69 Å². The van der Waals surface area contributed by atoms with Gasteiger partial charge in [0.15, 0.2) is 11.6 Å². The normalized spacial score (nSPS) is 11.2. The molecule has 0 unspecified atom stereocenters. The van der Waals surface area contributed by atoms with Crippen LogP contribution in [-0.4, -0.2) is 9.97 Å². The molecular formula is C21H20N4O. The molecule has 4 N–H and O–H groups in total. The predicted octanol–water partition coefficient (Wildman–Crippen LogP) is 4.21. The van der Waals surface area contributed by atoms with Crippen LogP contribution in [0.2, 0.25) is 0 Å². The van der Waals surface area contributed by atoms with Gasteiger partial charge in [0.25, 0.3) is 0 Å². The molecule has 0 fully saturated rings. The number of fused-ring (bicyclic) bond motifs is 1. The van der Waals surface area contributed by atoms with E-state index in [-0.39, 0.29) is 6.54 Å². The van der Waals surface area contributed by atoms with Gasteiger partial charge in [-0.1, -0.05) is 42.0 Å². The van der Waals surface area contributed by atoms with Gasteiger partial charge in [-0.05, 0) is 31.5 Å². The maximum atomic E-state index is 6.21. The summed E-state index contributed by atoms with van der Waals surface area (Å²) in [7, 11) is 0. The molecule has 0 aliphatic rings. The van der Waals surface area contributed by atoms with E-state index >= 15 is 0 Å². The Morgan fingerprint density at radius 1 is 1.00 bits per heavy atom. The zero-order valence-electron chi connectivity index (χ0n) is 14.8. The van der Waals surface area contributed by atoms with Crippen LogP contribution >= 0.6 is 0 Å². The minimum Gasteiger partial charge on any atom is -0.453 e. The molecule has 2 heterocycles. The maximum Gasteiger partial charge on any atom is 0.198 e. The molecule has 0 atom stereocenters. The molecule has 0 bridgehead atoms. The Labute approximate surface area is 151 Å². The molecule has 0 saturated heterocycles. The highest BCUT2D eigenvalue weighted by molar-refractivity contribution is 5.82. The summed E-state index contributed by atoms with van der Waals surface area (Å²) in [6.07, 6.45) is 0. The summed E-state index contributed by atoms with van der Waals surface area (Å²) in [4.78, 5) is 9.20. The Morgan fingerprint density at radius 2 is 1.81 bits per heavy atom. The zero-order valence-corrected chi connectivity index (χ0v) is 14.8. The molecule has 4 rings (SSSR count). The quantitative estimate of drug-likeness (QED) is 0.581. The van der Waals surface area contributed by atoms with E-state index in [0.29, 0.717) is 17.4 Å². The Kier molecular flexibility index (Phi) is 3.93. The molecule has 0 aliphatic heterocycles. The molecule has 2 aromatic carbocycles. The minimum atomic E-state index is 0.273. The summed E-state index contributed by atoms with van der Waals surface area (Å²) in [5.74, 6) is 1.44. The van der Waals surface area contributed by atoms with Gasteiger partial charge in [0, 0.05) is 23.1 Å². The Hall–Kier alpha value is -3.18. The van der Waals surface area contributed by atoms with Crippen LogP contribution in [0.5, 0.6) is 0 Å². The largest absolute Gasteiger partial charge is 0.453 e. The van der Waals surface area contributed by atoms with Gasteiger partial charge in [-0.3, -0.25) is 0 Å². The highest BCUT2D eigenvalue weighted by Crippen LogP contribution is 2.32. The lowest BCUT2D eigenvalue weighted by atomic mass is 9.99. The van der Waals surface area contributed by atoms with Gasteiger partial charge in [-0.25, -0.2) is 9.97 Å². The number of benzene rings is 2. The van der Waals surface area contributed by atoms with Crippen molar-refractivity contribution in [1.29, 1.82) is 0 Å². The van der Waals surface area contributed by atoms with Crippen molar-refractivity contribution >= 4 is 16.8 Å². The zero-order chi connectivity index (χ0) is 18.3. The molecule has 5 nitrogen and oxygen atoms in total. The topological polar surface area (TPSA) is 91.0 Å². The van der Waals surface area contributed by atoms with Crippen LogP contribution in [0.1, 0.15) is 16.7 Å². The first kappa shape index (κ1) is 16.3. The number of aromatic nitrogens is 2. The maximum absolute atomic E-state index is 6.21. The van der Waals surface area contributed by atoms with Crippen LogP contribution in [0.3, 0.4) is 0 Å². The van der Waals surface area contributed by atoms with Gasteiger partial charge in [0.1, 0.15) is 11.4 Å². The molecule has 5 heteroatoms. The summed E-state index contributed by atoms with van der Waals surface area (Å²) >= 11 is 0. The lowest BCUT2D eigenvalue weighted by Gasteiger charge is -2.13. The molecule has 0 spiro atoms. The summed E-state index contributed by atoms with van der Waals surface area (Å²) < 4.78 is 5.91. The summed E-state index contributed by atoms with van der Waals surface area (Å²) in [6, 6.07) is 16.0. The molecule has 130 valence electrons. The monoisotopic (exact) mass is 344 g/mol. The number of anilines is 1. The molecule has 0 saturated carbocycles. The fourth-order valence-electron chi connectivity index (χ4n) is 3.21. The first-order valence-corrected chi connectivity index (χ1v) is 8.50. The van der Waals surface area contributed by atoms with E-state index in [0.717, 1.165) is 33.4 Å². The number of hydrogen-bond donors (Lipinski definition) is 2. The third-order valence-electron chi connectivity index (χ3n) is 4.53. The molecule has 4 aromatic rings. The highest BCUT2D eigenvalue weighted by Gasteiger charge is 2.18. The van der Waals surface area contributed by atoms with E-state index in [2.05, 4.69) is 31.0 Å².